The van der Waals surface area contributed by atoms with Crippen LogP contribution in [0.25, 0.3) is 65.7 Å². The van der Waals surface area contributed by atoms with Crippen LogP contribution in [0.5, 0.6) is 0 Å². The molecule has 2 aliphatic carbocycles. The smallest absolute Gasteiger partial charge is 0.0573 e. The molecule has 0 amide bonds. The predicted molar refractivity (Wildman–Crippen MR) is 240 cm³/mol. The first-order chi connectivity index (χ1) is 27.2. The van der Waals surface area contributed by atoms with Crippen molar-refractivity contribution in [2.75, 3.05) is 11.4 Å². The zero-order valence-corrected chi connectivity index (χ0v) is 32.4. The highest BCUT2D eigenvalue weighted by Gasteiger charge is 2.40. The summed E-state index contributed by atoms with van der Waals surface area (Å²) < 4.78 is 0. The van der Waals surface area contributed by atoms with Crippen LogP contribution >= 0.6 is 0 Å². The SMILES string of the molecule is C=C1/C=C2\C(=C/CN(c3c4ccccc4c(-c4cccc5ccccc45)c4ccccc34)c3cc4c(cc31)-c1ccccc1C4(C)C)C(C)(C)c1ccccc12. The molecular formula is C55H43N. The monoisotopic (exact) mass is 717 g/mol. The van der Waals surface area contributed by atoms with Crippen molar-refractivity contribution in [1.29, 1.82) is 0 Å². The third-order valence-corrected chi connectivity index (χ3v) is 13.2. The van der Waals surface area contributed by atoms with E-state index in [-0.39, 0.29) is 10.8 Å². The van der Waals surface area contributed by atoms with Crippen LogP contribution in [0.3, 0.4) is 0 Å². The Labute approximate surface area is 329 Å². The zero-order chi connectivity index (χ0) is 37.9. The van der Waals surface area contributed by atoms with Crippen LogP contribution in [0.15, 0.2) is 176 Å². The molecule has 0 atom stereocenters. The lowest BCUT2D eigenvalue weighted by molar-refractivity contribution is 0.658. The fourth-order valence-corrected chi connectivity index (χ4v) is 10.5. The number of benzene rings is 8. The molecule has 8 aromatic rings. The van der Waals surface area contributed by atoms with E-state index in [1.54, 1.807) is 0 Å². The van der Waals surface area contributed by atoms with Gasteiger partial charge in [0.15, 0.2) is 0 Å². The van der Waals surface area contributed by atoms with Crippen molar-refractivity contribution >= 4 is 54.8 Å². The van der Waals surface area contributed by atoms with Crippen LogP contribution < -0.4 is 4.90 Å². The number of nitrogens with zero attached hydrogens (tertiary/aromatic N) is 1. The summed E-state index contributed by atoms with van der Waals surface area (Å²) in [4.78, 5) is 2.63. The van der Waals surface area contributed by atoms with Gasteiger partial charge in [0, 0.05) is 39.4 Å². The number of fused-ring (bicyclic) bond motifs is 10. The minimum absolute atomic E-state index is 0.150. The van der Waals surface area contributed by atoms with E-state index >= 15 is 0 Å². The standard InChI is InChI=1S/C55H43N/c1-34-31-45-37-20-12-14-27-47(37)54(2,3)49(45)29-30-56(51-33-50-46(32-44(34)51)38-21-13-15-28-48(38)55(50,4)5)53-42-24-10-8-22-40(42)52(41-23-9-11-25-43(41)53)39-26-16-18-35-17-6-7-19-36(35)39/h6-29,31-33H,1,30H2,2-5H3/b45-31-,49-29+. The molecule has 56 heavy (non-hydrogen) atoms. The van der Waals surface area contributed by atoms with Crippen LogP contribution in [0.2, 0.25) is 0 Å². The lowest BCUT2D eigenvalue weighted by atomic mass is 9.81. The topological polar surface area (TPSA) is 3.24 Å². The minimum atomic E-state index is -0.157. The highest BCUT2D eigenvalue weighted by molar-refractivity contribution is 6.24. The van der Waals surface area contributed by atoms with Gasteiger partial charge in [-0.1, -0.05) is 180 Å². The lowest BCUT2D eigenvalue weighted by Gasteiger charge is -2.32. The highest BCUT2D eigenvalue weighted by atomic mass is 15.1. The molecular weight excluding hydrogens is 675 g/mol. The molecule has 8 aromatic carbocycles. The summed E-state index contributed by atoms with van der Waals surface area (Å²) in [5.41, 5.74) is 17.6. The fourth-order valence-electron chi connectivity index (χ4n) is 10.5. The zero-order valence-electron chi connectivity index (χ0n) is 32.4. The second kappa shape index (κ2) is 11.8. The second-order valence-electron chi connectivity index (χ2n) is 16.9. The first kappa shape index (κ1) is 32.9. The molecule has 0 saturated heterocycles. The van der Waals surface area contributed by atoms with Gasteiger partial charge < -0.3 is 4.90 Å². The minimum Gasteiger partial charge on any atom is -0.336 e. The van der Waals surface area contributed by atoms with E-state index in [4.69, 9.17) is 6.58 Å². The van der Waals surface area contributed by atoms with Crippen molar-refractivity contribution in [2.24, 2.45) is 0 Å². The summed E-state index contributed by atoms with van der Waals surface area (Å²) in [6.07, 6.45) is 4.89. The normalized spacial score (nSPS) is 18.1. The van der Waals surface area contributed by atoms with E-state index in [0.717, 1.165) is 5.57 Å². The molecule has 0 spiro atoms. The van der Waals surface area contributed by atoms with E-state index in [0.29, 0.717) is 6.54 Å². The van der Waals surface area contributed by atoms with Crippen molar-refractivity contribution in [3.63, 3.8) is 0 Å². The molecule has 1 aliphatic heterocycles. The van der Waals surface area contributed by atoms with E-state index in [1.165, 1.54) is 105 Å². The molecule has 1 heterocycles. The van der Waals surface area contributed by atoms with E-state index in [1.807, 2.05) is 0 Å². The van der Waals surface area contributed by atoms with Gasteiger partial charge in [0.1, 0.15) is 0 Å². The molecule has 0 aromatic heterocycles. The molecule has 11 rings (SSSR count). The average molecular weight is 718 g/mol. The second-order valence-corrected chi connectivity index (χ2v) is 16.9. The molecule has 1 heteroatoms. The molecule has 1 nitrogen and oxygen atoms in total. The molecule has 268 valence electrons. The Morgan fingerprint density at radius 3 is 1.75 bits per heavy atom. The van der Waals surface area contributed by atoms with Gasteiger partial charge in [-0.05, 0) is 101 Å². The maximum atomic E-state index is 4.90. The summed E-state index contributed by atoms with van der Waals surface area (Å²) in [5.74, 6) is 0. The van der Waals surface area contributed by atoms with Crippen molar-refractivity contribution in [3.05, 3.63) is 204 Å². The number of rotatable bonds is 2. The molecule has 0 N–H and O–H groups in total. The summed E-state index contributed by atoms with van der Waals surface area (Å²) >= 11 is 0. The van der Waals surface area contributed by atoms with Gasteiger partial charge in [0.05, 0.1) is 5.69 Å². The predicted octanol–water partition coefficient (Wildman–Crippen LogP) is 14.6. The van der Waals surface area contributed by atoms with Gasteiger partial charge in [0.2, 0.25) is 0 Å². The lowest BCUT2D eigenvalue weighted by Crippen LogP contribution is -2.23. The summed E-state index contributed by atoms with van der Waals surface area (Å²) in [5, 5.41) is 7.52. The largest absolute Gasteiger partial charge is 0.336 e. The Morgan fingerprint density at radius 2 is 1.04 bits per heavy atom. The van der Waals surface area contributed by atoms with Gasteiger partial charge in [-0.2, -0.15) is 0 Å². The Morgan fingerprint density at radius 1 is 0.482 bits per heavy atom. The summed E-state index contributed by atoms with van der Waals surface area (Å²) in [6, 6.07) is 56.6. The van der Waals surface area contributed by atoms with E-state index in [9.17, 15) is 0 Å². The molecule has 0 saturated carbocycles. The van der Waals surface area contributed by atoms with E-state index < -0.39 is 0 Å². The van der Waals surface area contributed by atoms with Gasteiger partial charge in [-0.15, -0.1) is 0 Å². The van der Waals surface area contributed by atoms with Crippen LogP contribution in [0.4, 0.5) is 11.4 Å². The van der Waals surface area contributed by atoms with Gasteiger partial charge in [-0.3, -0.25) is 0 Å². The van der Waals surface area contributed by atoms with Gasteiger partial charge >= 0.3 is 0 Å². The number of anilines is 2. The maximum absolute atomic E-state index is 4.90. The number of hydrogen-bond acceptors (Lipinski definition) is 1. The molecule has 0 fully saturated rings. The number of hydrogen-bond donors (Lipinski definition) is 0. The third kappa shape index (κ3) is 4.49. The Balaban J connectivity index is 1.26. The van der Waals surface area contributed by atoms with Crippen LogP contribution in [-0.4, -0.2) is 6.54 Å². The molecule has 3 aliphatic rings. The maximum Gasteiger partial charge on any atom is 0.0573 e. The summed E-state index contributed by atoms with van der Waals surface area (Å²) in [7, 11) is 0. The Bertz CT molecular complexity index is 3010. The molecule has 0 radical (unpaired) electrons. The van der Waals surface area contributed by atoms with Gasteiger partial charge in [-0.25, -0.2) is 0 Å². The summed E-state index contributed by atoms with van der Waals surface area (Å²) in [6.45, 7) is 15.1. The third-order valence-electron chi connectivity index (χ3n) is 13.2. The van der Waals surface area contributed by atoms with Gasteiger partial charge in [0.25, 0.3) is 0 Å². The van der Waals surface area contributed by atoms with E-state index in [2.05, 4.69) is 196 Å². The van der Waals surface area contributed by atoms with Crippen molar-refractivity contribution in [3.8, 4) is 22.3 Å². The quantitative estimate of drug-likeness (QED) is 0.161. The van der Waals surface area contributed by atoms with Crippen molar-refractivity contribution in [2.45, 2.75) is 38.5 Å². The first-order valence-corrected chi connectivity index (χ1v) is 19.9. The average Bonchev–Trinajstić information content (AvgIpc) is 3.60. The molecule has 0 unspecified atom stereocenters. The Hall–Kier alpha value is -6.44. The van der Waals surface area contributed by atoms with Crippen LogP contribution in [-0.2, 0) is 10.8 Å². The highest BCUT2D eigenvalue weighted by Crippen LogP contribution is 2.56. The Kier molecular flexibility index (Phi) is 6.93. The van der Waals surface area contributed by atoms with Crippen LogP contribution in [0, 0.1) is 0 Å². The first-order valence-electron chi connectivity index (χ1n) is 19.9. The number of allylic oxidation sites excluding steroid dienone is 4. The molecule has 0 bridgehead atoms. The van der Waals surface area contributed by atoms with Crippen molar-refractivity contribution < 1.29 is 0 Å². The van der Waals surface area contributed by atoms with Crippen LogP contribution in [0.1, 0.15) is 55.5 Å². The van der Waals surface area contributed by atoms with Crippen molar-refractivity contribution in [1.82, 2.24) is 0 Å². The fraction of sp³-hybridized carbons (Fsp3) is 0.127.